The van der Waals surface area contributed by atoms with Crippen LogP contribution in [0, 0.1) is 0 Å². The minimum absolute atomic E-state index is 0.0603. The zero-order valence-corrected chi connectivity index (χ0v) is 14.0. The zero-order chi connectivity index (χ0) is 15.5. The quantitative estimate of drug-likeness (QED) is 0.358. The number of nitrogens with two attached hydrogens (primary N) is 1. The van der Waals surface area contributed by atoms with E-state index in [-0.39, 0.29) is 10.5 Å². The normalized spacial score (nSPS) is 15.6. The van der Waals surface area contributed by atoms with Crippen LogP contribution in [0.5, 0.6) is 0 Å². The van der Waals surface area contributed by atoms with Gasteiger partial charge in [0.25, 0.3) is 0 Å². The van der Waals surface area contributed by atoms with Crippen LogP contribution < -0.4 is 5.73 Å². The summed E-state index contributed by atoms with van der Waals surface area (Å²) in [6, 6.07) is 0. The Labute approximate surface area is 124 Å². The van der Waals surface area contributed by atoms with Gasteiger partial charge in [-0.1, -0.05) is 20.8 Å². The lowest BCUT2D eigenvalue weighted by Crippen LogP contribution is -2.59. The third-order valence-electron chi connectivity index (χ3n) is 1.94. The maximum absolute atomic E-state index is 12.1. The van der Waals surface area contributed by atoms with E-state index in [0.29, 0.717) is 0 Å². The van der Waals surface area contributed by atoms with E-state index in [2.05, 4.69) is 17.1 Å². The second kappa shape index (κ2) is 6.37. The number of hydrogen-bond donors (Lipinski definition) is 2. The van der Waals surface area contributed by atoms with Gasteiger partial charge < -0.3 is 14.7 Å². The average Bonchev–Trinajstić information content (AvgIpc) is 2.21. The van der Waals surface area contributed by atoms with Crippen molar-refractivity contribution in [2.45, 2.75) is 57.4 Å². The summed E-state index contributed by atoms with van der Waals surface area (Å²) in [5.41, 5.74) is 3.31. The molecule has 1 atom stereocenters. The predicted octanol–water partition coefficient (Wildman–Crippen LogP) is 1.95. The molecule has 112 valence electrons. The van der Waals surface area contributed by atoms with Gasteiger partial charge in [0.1, 0.15) is 5.60 Å². The van der Waals surface area contributed by atoms with Crippen LogP contribution in [0.1, 0.15) is 41.5 Å². The smallest absolute Gasteiger partial charge is 0.350 e. The number of esters is 1. The topological polar surface area (TPSA) is 78.6 Å². The highest BCUT2D eigenvalue weighted by Gasteiger charge is 2.47. The molecule has 0 fully saturated rings. The van der Waals surface area contributed by atoms with Crippen molar-refractivity contribution in [1.29, 1.82) is 0 Å². The van der Waals surface area contributed by atoms with Crippen molar-refractivity contribution in [3.05, 3.63) is 0 Å². The first-order valence-electron chi connectivity index (χ1n) is 5.84. The molecular weight excluding hydrogens is 286 g/mol. The highest BCUT2D eigenvalue weighted by molar-refractivity contribution is 8.00. The molecule has 0 spiro atoms. The van der Waals surface area contributed by atoms with Crippen molar-refractivity contribution in [3.63, 3.8) is 0 Å². The number of thiol groups is 1. The molecule has 0 bridgehead atoms. The standard InChI is InChI=1S/C12H23NO4S2/c1-10(2,3)16-8(14)12(13,9(15)17-18)7-19-11(4,5)6/h18H,7,13H2,1-6H3. The minimum Gasteiger partial charge on any atom is -0.458 e. The van der Waals surface area contributed by atoms with Crippen LogP contribution in [0.3, 0.4) is 0 Å². The molecule has 0 radical (unpaired) electrons. The van der Waals surface area contributed by atoms with E-state index in [9.17, 15) is 9.59 Å². The number of carbonyl (C=O) groups excluding carboxylic acids is 2. The zero-order valence-electron chi connectivity index (χ0n) is 12.3. The van der Waals surface area contributed by atoms with Crippen LogP contribution in [0.25, 0.3) is 0 Å². The summed E-state index contributed by atoms with van der Waals surface area (Å²) in [7, 11) is 0. The summed E-state index contributed by atoms with van der Waals surface area (Å²) < 4.78 is 9.36. The van der Waals surface area contributed by atoms with Crippen molar-refractivity contribution >= 4 is 36.6 Å². The number of thioether (sulfide) groups is 1. The van der Waals surface area contributed by atoms with E-state index in [1.54, 1.807) is 20.8 Å². The summed E-state index contributed by atoms with van der Waals surface area (Å²) in [5, 5.41) is 0. The predicted molar refractivity (Wildman–Crippen MR) is 80.1 cm³/mol. The lowest BCUT2D eigenvalue weighted by molar-refractivity contribution is -0.166. The average molecular weight is 309 g/mol. The maximum atomic E-state index is 12.1. The fourth-order valence-corrected chi connectivity index (χ4v) is 2.04. The molecule has 7 heteroatoms. The van der Waals surface area contributed by atoms with E-state index < -0.39 is 23.1 Å². The molecule has 1 unspecified atom stereocenters. The van der Waals surface area contributed by atoms with Crippen LogP contribution in [-0.2, 0) is 18.5 Å². The van der Waals surface area contributed by atoms with Gasteiger partial charge in [0.05, 0.1) is 0 Å². The van der Waals surface area contributed by atoms with E-state index in [4.69, 9.17) is 10.5 Å². The first-order valence-corrected chi connectivity index (χ1v) is 7.19. The van der Waals surface area contributed by atoms with Gasteiger partial charge in [-0.15, -0.1) is 0 Å². The van der Waals surface area contributed by atoms with E-state index in [1.165, 1.54) is 11.8 Å². The van der Waals surface area contributed by atoms with Gasteiger partial charge in [-0.2, -0.15) is 11.8 Å². The van der Waals surface area contributed by atoms with Crippen LogP contribution in [-0.4, -0.2) is 33.6 Å². The molecule has 0 aromatic heterocycles. The second-order valence-electron chi connectivity index (χ2n) is 6.25. The Bertz CT molecular complexity index is 347. The maximum Gasteiger partial charge on any atom is 0.350 e. The Morgan fingerprint density at radius 2 is 1.58 bits per heavy atom. The van der Waals surface area contributed by atoms with Crippen molar-refractivity contribution in [2.75, 3.05) is 5.75 Å². The van der Waals surface area contributed by atoms with Crippen molar-refractivity contribution in [1.82, 2.24) is 0 Å². The lowest BCUT2D eigenvalue weighted by Gasteiger charge is -2.30. The first-order chi connectivity index (χ1) is 8.32. The Morgan fingerprint density at radius 1 is 1.11 bits per heavy atom. The molecule has 0 rings (SSSR count). The fraction of sp³-hybridized carbons (Fsp3) is 0.833. The van der Waals surface area contributed by atoms with Gasteiger partial charge in [0.2, 0.25) is 5.54 Å². The second-order valence-corrected chi connectivity index (χ2v) is 8.24. The Kier molecular flexibility index (Phi) is 6.23. The number of rotatable bonds is 4. The molecule has 19 heavy (non-hydrogen) atoms. The minimum atomic E-state index is -1.85. The van der Waals surface area contributed by atoms with Crippen LogP contribution in [0.15, 0.2) is 0 Å². The van der Waals surface area contributed by atoms with Crippen LogP contribution in [0.4, 0.5) is 0 Å². The highest BCUT2D eigenvalue weighted by Crippen LogP contribution is 2.28. The molecular formula is C12H23NO4S2. The number of carbonyl (C=O) groups is 2. The molecule has 0 aliphatic carbocycles. The Balaban J connectivity index is 5.08. The number of ether oxygens (including phenoxy) is 1. The van der Waals surface area contributed by atoms with Crippen molar-refractivity contribution in [2.24, 2.45) is 5.73 Å². The SMILES string of the molecule is CC(C)(C)OC(=O)C(N)(CSC(C)(C)C)C(=O)OS. The van der Waals surface area contributed by atoms with E-state index in [0.717, 1.165) is 0 Å². The summed E-state index contributed by atoms with van der Waals surface area (Å²) in [4.78, 5) is 23.8. The first kappa shape index (κ1) is 18.6. The van der Waals surface area contributed by atoms with Gasteiger partial charge in [-0.3, -0.25) is 0 Å². The third-order valence-corrected chi connectivity index (χ3v) is 3.57. The molecule has 0 saturated carbocycles. The van der Waals surface area contributed by atoms with Crippen LogP contribution >= 0.6 is 24.7 Å². The largest absolute Gasteiger partial charge is 0.458 e. The molecule has 2 N–H and O–H groups in total. The molecule has 0 aliphatic heterocycles. The molecule has 0 aliphatic rings. The van der Waals surface area contributed by atoms with Gasteiger partial charge in [-0.25, -0.2) is 9.59 Å². The molecule has 0 aromatic carbocycles. The van der Waals surface area contributed by atoms with Crippen LogP contribution in [0.2, 0.25) is 0 Å². The number of hydrogen-bond acceptors (Lipinski definition) is 7. The van der Waals surface area contributed by atoms with Gasteiger partial charge in [-0.05, 0) is 20.8 Å². The monoisotopic (exact) mass is 309 g/mol. The lowest BCUT2D eigenvalue weighted by atomic mass is 10.0. The van der Waals surface area contributed by atoms with E-state index >= 15 is 0 Å². The Hall–Kier alpha value is -0.400. The third kappa shape index (κ3) is 6.54. The van der Waals surface area contributed by atoms with Gasteiger partial charge in [0, 0.05) is 23.4 Å². The fourth-order valence-electron chi connectivity index (χ4n) is 0.982. The van der Waals surface area contributed by atoms with Gasteiger partial charge in [0.15, 0.2) is 0 Å². The van der Waals surface area contributed by atoms with Crippen molar-refractivity contribution < 1.29 is 18.5 Å². The summed E-state index contributed by atoms with van der Waals surface area (Å²) in [5.74, 6) is -1.66. The molecule has 0 heterocycles. The summed E-state index contributed by atoms with van der Waals surface area (Å²) >= 11 is 4.81. The summed E-state index contributed by atoms with van der Waals surface area (Å²) in [6.45, 7) is 11.0. The summed E-state index contributed by atoms with van der Waals surface area (Å²) in [6.07, 6.45) is 0. The molecule has 5 nitrogen and oxygen atoms in total. The highest BCUT2D eigenvalue weighted by atomic mass is 32.2. The van der Waals surface area contributed by atoms with Crippen molar-refractivity contribution in [3.8, 4) is 0 Å². The Morgan fingerprint density at radius 3 is 1.89 bits per heavy atom. The van der Waals surface area contributed by atoms with E-state index in [1.807, 2.05) is 20.8 Å². The molecule has 0 saturated heterocycles. The molecule has 0 aromatic rings. The van der Waals surface area contributed by atoms with Gasteiger partial charge >= 0.3 is 11.9 Å². The molecule has 0 amide bonds.